The van der Waals surface area contributed by atoms with Gasteiger partial charge >= 0.3 is 5.97 Å². The number of rotatable bonds is 6. The van der Waals surface area contributed by atoms with Crippen LogP contribution in [0.5, 0.6) is 5.75 Å². The van der Waals surface area contributed by atoms with Gasteiger partial charge in [0.1, 0.15) is 17.5 Å². The Morgan fingerprint density at radius 3 is 2.47 bits per heavy atom. The largest absolute Gasteiger partial charge is 0.484 e. The summed E-state index contributed by atoms with van der Waals surface area (Å²) in [6.45, 7) is 6.15. The first kappa shape index (κ1) is 24.0. The van der Waals surface area contributed by atoms with Gasteiger partial charge < -0.3 is 14.4 Å². The van der Waals surface area contributed by atoms with Crippen molar-refractivity contribution in [1.82, 2.24) is 9.88 Å². The van der Waals surface area contributed by atoms with E-state index in [9.17, 15) is 9.59 Å². The van der Waals surface area contributed by atoms with Crippen molar-refractivity contribution >= 4 is 34.4 Å². The highest BCUT2D eigenvalue weighted by Crippen LogP contribution is 2.24. The Hall–Kier alpha value is -3.12. The highest BCUT2D eigenvalue weighted by atomic mass is 35.5. The van der Waals surface area contributed by atoms with Gasteiger partial charge in [-0.05, 0) is 82.0 Å². The molecule has 34 heavy (non-hydrogen) atoms. The standard InChI is InChI=1S/C27H29ClN2O4/c1-17-7-8-21-14-22(26(28)29-24(21)13-17)15-34-27(32)20-9-11-23(12-10-20)33-16-25(31)30-18(2)5-4-6-19(30)3/h7-14,18-19H,4-6,15-16H2,1-3H3/t18-,19-/m1/s1. The molecule has 2 heterocycles. The molecule has 1 aliphatic rings. The van der Waals surface area contributed by atoms with Crippen molar-refractivity contribution in [1.29, 1.82) is 0 Å². The SMILES string of the molecule is Cc1ccc2cc(COC(=O)c3ccc(OCC(=O)N4[C@H](C)CCC[C@H]4C)cc3)c(Cl)nc2c1. The molecular formula is C27H29ClN2O4. The van der Waals surface area contributed by atoms with E-state index in [-0.39, 0.29) is 31.2 Å². The van der Waals surface area contributed by atoms with Gasteiger partial charge in [-0.3, -0.25) is 4.79 Å². The fourth-order valence-electron chi connectivity index (χ4n) is 4.44. The average Bonchev–Trinajstić information content (AvgIpc) is 2.81. The van der Waals surface area contributed by atoms with Crippen molar-refractivity contribution in [2.75, 3.05) is 6.61 Å². The molecule has 4 rings (SSSR count). The first-order chi connectivity index (χ1) is 16.3. The summed E-state index contributed by atoms with van der Waals surface area (Å²) in [5, 5.41) is 1.25. The number of halogens is 1. The van der Waals surface area contributed by atoms with Crippen molar-refractivity contribution in [2.45, 2.75) is 58.7 Å². The Bertz CT molecular complexity index is 1190. The molecule has 6 nitrogen and oxygen atoms in total. The van der Waals surface area contributed by atoms with Gasteiger partial charge in [0.05, 0.1) is 11.1 Å². The van der Waals surface area contributed by atoms with Gasteiger partial charge in [0.15, 0.2) is 6.61 Å². The number of piperidine rings is 1. The molecule has 2 atom stereocenters. The van der Waals surface area contributed by atoms with E-state index in [4.69, 9.17) is 21.1 Å². The molecule has 7 heteroatoms. The number of hydrogen-bond donors (Lipinski definition) is 0. The Morgan fingerprint density at radius 1 is 1.06 bits per heavy atom. The van der Waals surface area contributed by atoms with Crippen LogP contribution in [-0.2, 0) is 16.1 Å². The number of aryl methyl sites for hydroxylation is 1. The van der Waals surface area contributed by atoms with Crippen LogP contribution in [0.2, 0.25) is 5.15 Å². The molecule has 1 amide bonds. The van der Waals surface area contributed by atoms with E-state index in [1.54, 1.807) is 24.3 Å². The third-order valence-corrected chi connectivity index (χ3v) is 6.62. The number of aromatic nitrogens is 1. The maximum atomic E-state index is 12.6. The van der Waals surface area contributed by atoms with Gasteiger partial charge in [0, 0.05) is 23.0 Å². The maximum Gasteiger partial charge on any atom is 0.338 e. The van der Waals surface area contributed by atoms with Crippen molar-refractivity contribution < 1.29 is 19.1 Å². The minimum absolute atomic E-state index is 0.0146. The van der Waals surface area contributed by atoms with Gasteiger partial charge in [-0.15, -0.1) is 0 Å². The van der Waals surface area contributed by atoms with Gasteiger partial charge in [-0.25, -0.2) is 9.78 Å². The summed E-state index contributed by atoms with van der Waals surface area (Å²) in [7, 11) is 0. The van der Waals surface area contributed by atoms with Crippen molar-refractivity contribution in [3.63, 3.8) is 0 Å². The molecule has 2 aromatic carbocycles. The maximum absolute atomic E-state index is 12.6. The first-order valence-electron chi connectivity index (χ1n) is 11.6. The molecule has 0 spiro atoms. The normalized spacial score (nSPS) is 18.1. The van der Waals surface area contributed by atoms with Crippen LogP contribution in [0.25, 0.3) is 10.9 Å². The van der Waals surface area contributed by atoms with Gasteiger partial charge in [0.25, 0.3) is 5.91 Å². The molecule has 0 radical (unpaired) electrons. The van der Waals surface area contributed by atoms with Crippen LogP contribution in [0, 0.1) is 6.92 Å². The topological polar surface area (TPSA) is 68.7 Å². The number of ether oxygens (including phenoxy) is 2. The van der Waals surface area contributed by atoms with E-state index >= 15 is 0 Å². The average molecular weight is 481 g/mol. The van der Waals surface area contributed by atoms with Crippen LogP contribution in [0.4, 0.5) is 0 Å². The zero-order valence-electron chi connectivity index (χ0n) is 19.7. The van der Waals surface area contributed by atoms with E-state index in [1.165, 1.54) is 0 Å². The van der Waals surface area contributed by atoms with E-state index in [0.29, 0.717) is 22.0 Å². The minimum atomic E-state index is -0.473. The molecule has 1 fully saturated rings. The number of carbonyl (C=O) groups is 2. The summed E-state index contributed by atoms with van der Waals surface area (Å²) in [6, 6.07) is 14.8. The molecule has 3 aromatic rings. The number of amides is 1. The summed E-state index contributed by atoms with van der Waals surface area (Å²) < 4.78 is 11.1. The highest BCUT2D eigenvalue weighted by molar-refractivity contribution is 6.30. The monoisotopic (exact) mass is 480 g/mol. The highest BCUT2D eigenvalue weighted by Gasteiger charge is 2.29. The fraction of sp³-hybridized carbons (Fsp3) is 0.370. The van der Waals surface area contributed by atoms with Gasteiger partial charge in [0.2, 0.25) is 0 Å². The second-order valence-electron chi connectivity index (χ2n) is 8.95. The Balaban J connectivity index is 1.32. The molecule has 0 unspecified atom stereocenters. The number of carbonyl (C=O) groups excluding carboxylic acids is 2. The lowest BCUT2D eigenvalue weighted by atomic mass is 9.97. The van der Waals surface area contributed by atoms with Crippen molar-refractivity contribution in [3.05, 3.63) is 70.4 Å². The van der Waals surface area contributed by atoms with Crippen LogP contribution >= 0.6 is 11.6 Å². The number of nitrogens with zero attached hydrogens (tertiary/aromatic N) is 2. The third kappa shape index (κ3) is 5.50. The van der Waals surface area contributed by atoms with E-state index < -0.39 is 5.97 Å². The van der Waals surface area contributed by atoms with Gasteiger partial charge in [-0.2, -0.15) is 0 Å². The van der Waals surface area contributed by atoms with Crippen LogP contribution in [0.3, 0.4) is 0 Å². The smallest absolute Gasteiger partial charge is 0.338 e. The molecule has 178 valence electrons. The number of fused-ring (bicyclic) bond motifs is 1. The Morgan fingerprint density at radius 2 is 1.76 bits per heavy atom. The summed E-state index contributed by atoms with van der Waals surface area (Å²) in [5.41, 5.74) is 2.93. The third-order valence-electron chi connectivity index (χ3n) is 6.29. The predicted molar refractivity (Wildman–Crippen MR) is 132 cm³/mol. The lowest BCUT2D eigenvalue weighted by Gasteiger charge is -2.38. The minimum Gasteiger partial charge on any atom is -0.484 e. The molecule has 0 N–H and O–H groups in total. The van der Waals surface area contributed by atoms with E-state index in [1.807, 2.05) is 36.1 Å². The number of esters is 1. The molecule has 0 bridgehead atoms. The molecule has 0 saturated carbocycles. The summed E-state index contributed by atoms with van der Waals surface area (Å²) in [4.78, 5) is 31.5. The Kier molecular flexibility index (Phi) is 7.37. The number of benzene rings is 2. The Labute approximate surface area is 204 Å². The molecule has 0 aliphatic carbocycles. The number of likely N-dealkylation sites (tertiary alicyclic amines) is 1. The van der Waals surface area contributed by atoms with Crippen molar-refractivity contribution in [2.24, 2.45) is 0 Å². The molecule has 1 saturated heterocycles. The first-order valence-corrected chi connectivity index (χ1v) is 12.0. The zero-order valence-corrected chi connectivity index (χ0v) is 20.5. The fourth-order valence-corrected chi connectivity index (χ4v) is 4.65. The summed E-state index contributed by atoms with van der Waals surface area (Å²) in [5.74, 6) is 0.0390. The second-order valence-corrected chi connectivity index (χ2v) is 9.31. The van der Waals surface area contributed by atoms with Crippen LogP contribution in [-0.4, -0.2) is 40.5 Å². The molecule has 1 aromatic heterocycles. The zero-order chi connectivity index (χ0) is 24.2. The van der Waals surface area contributed by atoms with Crippen LogP contribution in [0.1, 0.15) is 54.6 Å². The number of hydrogen-bond acceptors (Lipinski definition) is 5. The molecular weight excluding hydrogens is 452 g/mol. The van der Waals surface area contributed by atoms with E-state index in [0.717, 1.165) is 35.7 Å². The lowest BCUT2D eigenvalue weighted by molar-refractivity contribution is -0.139. The van der Waals surface area contributed by atoms with E-state index in [2.05, 4.69) is 18.8 Å². The molecule has 1 aliphatic heterocycles. The summed E-state index contributed by atoms with van der Waals surface area (Å²) >= 11 is 6.29. The van der Waals surface area contributed by atoms with Crippen molar-refractivity contribution in [3.8, 4) is 5.75 Å². The number of pyridine rings is 1. The summed E-state index contributed by atoms with van der Waals surface area (Å²) in [6.07, 6.45) is 3.19. The van der Waals surface area contributed by atoms with Crippen LogP contribution in [0.15, 0.2) is 48.5 Å². The van der Waals surface area contributed by atoms with Gasteiger partial charge in [-0.1, -0.05) is 23.7 Å². The van der Waals surface area contributed by atoms with Crippen LogP contribution < -0.4 is 4.74 Å². The predicted octanol–water partition coefficient (Wildman–Crippen LogP) is 5.72. The second kappa shape index (κ2) is 10.4. The quantitative estimate of drug-likeness (QED) is 0.333. The lowest BCUT2D eigenvalue weighted by Crippen LogP contribution is -2.49.